The number of carbonyl (C=O) groups is 1. The number of rotatable bonds is 6. The van der Waals surface area contributed by atoms with E-state index >= 15 is 0 Å². The molecule has 1 aliphatic rings. The zero-order valence-corrected chi connectivity index (χ0v) is 12.9. The predicted octanol–water partition coefficient (Wildman–Crippen LogP) is 3.93. The summed E-state index contributed by atoms with van der Waals surface area (Å²) in [5, 5.41) is 19.1. The quantitative estimate of drug-likeness (QED) is 0.777. The Morgan fingerprint density at radius 3 is 2.40 bits per heavy atom. The number of nitrogens with zero attached hydrogens (tertiary/aromatic N) is 1. The Labute approximate surface area is 140 Å². The average molecular weight is 361 g/mol. The van der Waals surface area contributed by atoms with Crippen molar-refractivity contribution in [1.29, 1.82) is 5.26 Å². The van der Waals surface area contributed by atoms with Gasteiger partial charge in [0.1, 0.15) is 0 Å². The van der Waals surface area contributed by atoms with Gasteiger partial charge in [0.2, 0.25) is 0 Å². The predicted molar refractivity (Wildman–Crippen MR) is 76.6 cm³/mol. The Morgan fingerprint density at radius 1 is 1.20 bits per heavy atom. The summed E-state index contributed by atoms with van der Waals surface area (Å²) in [4.78, 5) is 11.6. The van der Waals surface area contributed by atoms with Crippen LogP contribution in [0, 0.1) is 17.2 Å². The Balaban J connectivity index is 2.52. The van der Waals surface area contributed by atoms with Crippen molar-refractivity contribution in [3.63, 3.8) is 0 Å². The highest BCUT2D eigenvalue weighted by molar-refractivity contribution is 5.74. The first-order valence-corrected chi connectivity index (χ1v) is 7.48. The van der Waals surface area contributed by atoms with E-state index in [1.54, 1.807) is 0 Å². The summed E-state index contributed by atoms with van der Waals surface area (Å²) in [6.07, 6.45) is 1.66. The van der Waals surface area contributed by atoms with E-state index < -0.39 is 42.0 Å². The second-order valence-corrected chi connectivity index (χ2v) is 5.64. The number of alkyl halides is 4. The van der Waals surface area contributed by atoms with Gasteiger partial charge in [-0.3, -0.25) is 4.79 Å². The lowest BCUT2D eigenvalue weighted by Crippen LogP contribution is -2.41. The van der Waals surface area contributed by atoms with E-state index in [9.17, 15) is 32.7 Å². The van der Waals surface area contributed by atoms with Crippen molar-refractivity contribution in [2.45, 2.75) is 44.3 Å². The monoisotopic (exact) mass is 361 g/mol. The van der Waals surface area contributed by atoms with E-state index in [0.717, 1.165) is 12.1 Å². The van der Waals surface area contributed by atoms with Crippen LogP contribution in [0.2, 0.25) is 0 Å². The van der Waals surface area contributed by atoms with Gasteiger partial charge in [-0.2, -0.15) is 22.8 Å². The molecule has 1 aromatic rings. The molecular formula is C16H15F4NO4. The molecule has 9 heteroatoms. The molecule has 1 aliphatic carbocycles. The van der Waals surface area contributed by atoms with Crippen LogP contribution in [-0.4, -0.2) is 24.3 Å². The third-order valence-corrected chi connectivity index (χ3v) is 4.30. The van der Waals surface area contributed by atoms with Crippen LogP contribution < -0.4 is 9.47 Å². The standard InChI is InChI=1S/C16H15F4NO4/c17-14(18)24-11-5-4-9(7-12(11)25-15(19)20)16(8-21)6-2-1-3-10(16)13(22)23/h4-5,7,10,14-15H,1-3,6H2,(H,22,23). The van der Waals surface area contributed by atoms with E-state index in [1.807, 2.05) is 6.07 Å². The van der Waals surface area contributed by atoms with Crippen molar-refractivity contribution in [3.8, 4) is 17.6 Å². The summed E-state index contributed by atoms with van der Waals surface area (Å²) in [5.74, 6) is -3.50. The molecule has 1 fully saturated rings. The smallest absolute Gasteiger partial charge is 0.387 e. The molecule has 0 aromatic heterocycles. The number of hydrogen-bond donors (Lipinski definition) is 1. The minimum atomic E-state index is -3.30. The Hall–Kier alpha value is -2.50. The van der Waals surface area contributed by atoms with Crippen LogP contribution in [0.5, 0.6) is 11.5 Å². The van der Waals surface area contributed by atoms with E-state index in [0.29, 0.717) is 12.8 Å². The highest BCUT2D eigenvalue weighted by Crippen LogP contribution is 2.46. The maximum Gasteiger partial charge on any atom is 0.387 e. The van der Waals surface area contributed by atoms with Crippen molar-refractivity contribution < 1.29 is 36.9 Å². The molecule has 25 heavy (non-hydrogen) atoms. The van der Waals surface area contributed by atoms with Crippen molar-refractivity contribution in [2.24, 2.45) is 5.92 Å². The molecule has 0 saturated heterocycles. The number of carboxylic acids is 1. The van der Waals surface area contributed by atoms with Crippen LogP contribution in [0.25, 0.3) is 0 Å². The van der Waals surface area contributed by atoms with E-state index in [4.69, 9.17) is 0 Å². The molecule has 0 aliphatic heterocycles. The Kier molecular flexibility index (Phi) is 5.72. The second-order valence-electron chi connectivity index (χ2n) is 5.64. The largest absolute Gasteiger partial charge is 0.481 e. The molecular weight excluding hydrogens is 346 g/mol. The number of halogens is 4. The molecule has 1 saturated carbocycles. The topological polar surface area (TPSA) is 79.5 Å². The number of nitriles is 1. The SMILES string of the molecule is N#CC1(c2ccc(OC(F)F)c(OC(F)F)c2)CCCCC1C(=O)O. The molecule has 5 nitrogen and oxygen atoms in total. The number of carboxylic acid groups (broad SMARTS) is 1. The Bertz CT molecular complexity index is 677. The van der Waals surface area contributed by atoms with Gasteiger partial charge in [-0.15, -0.1) is 0 Å². The summed E-state index contributed by atoms with van der Waals surface area (Å²) in [6.45, 7) is -6.55. The summed E-state index contributed by atoms with van der Waals surface area (Å²) < 4.78 is 58.3. The van der Waals surface area contributed by atoms with Gasteiger partial charge < -0.3 is 14.6 Å². The average Bonchev–Trinajstić information content (AvgIpc) is 2.55. The van der Waals surface area contributed by atoms with Crippen molar-refractivity contribution >= 4 is 5.97 Å². The van der Waals surface area contributed by atoms with Gasteiger partial charge in [0, 0.05) is 0 Å². The highest BCUT2D eigenvalue weighted by Gasteiger charge is 2.47. The molecule has 0 heterocycles. The maximum absolute atomic E-state index is 12.6. The van der Waals surface area contributed by atoms with Crippen LogP contribution in [0.3, 0.4) is 0 Å². The summed E-state index contributed by atoms with van der Waals surface area (Å²) in [5.41, 5.74) is -1.33. The third kappa shape index (κ3) is 3.95. The Morgan fingerprint density at radius 2 is 1.84 bits per heavy atom. The fourth-order valence-corrected chi connectivity index (χ4v) is 3.22. The van der Waals surface area contributed by atoms with E-state index in [1.165, 1.54) is 6.07 Å². The normalized spacial score (nSPS) is 23.3. The van der Waals surface area contributed by atoms with Crippen LogP contribution in [0.4, 0.5) is 17.6 Å². The fourth-order valence-electron chi connectivity index (χ4n) is 3.22. The van der Waals surface area contributed by atoms with Gasteiger partial charge >= 0.3 is 19.2 Å². The second kappa shape index (κ2) is 7.59. The molecule has 0 bridgehead atoms. The zero-order valence-electron chi connectivity index (χ0n) is 12.9. The van der Waals surface area contributed by atoms with Gasteiger partial charge in [-0.1, -0.05) is 18.9 Å². The van der Waals surface area contributed by atoms with Crippen molar-refractivity contribution in [3.05, 3.63) is 23.8 Å². The maximum atomic E-state index is 12.6. The molecule has 2 unspecified atom stereocenters. The first kappa shape index (κ1) is 18.8. The summed E-state index contributed by atoms with van der Waals surface area (Å²) >= 11 is 0. The molecule has 1 N–H and O–H groups in total. The third-order valence-electron chi connectivity index (χ3n) is 4.30. The van der Waals surface area contributed by atoms with E-state index in [-0.39, 0.29) is 18.4 Å². The van der Waals surface area contributed by atoms with Gasteiger partial charge in [0.05, 0.1) is 17.4 Å². The molecule has 0 spiro atoms. The van der Waals surface area contributed by atoms with Crippen LogP contribution in [0.1, 0.15) is 31.2 Å². The number of aliphatic carboxylic acids is 1. The molecule has 136 valence electrons. The van der Waals surface area contributed by atoms with Gasteiger partial charge in [0.25, 0.3) is 0 Å². The van der Waals surface area contributed by atoms with Gasteiger partial charge in [0.15, 0.2) is 11.5 Å². The minimum absolute atomic E-state index is 0.124. The molecule has 2 rings (SSSR count). The lowest BCUT2D eigenvalue weighted by atomic mass is 9.63. The molecule has 0 amide bonds. The number of hydrogen-bond acceptors (Lipinski definition) is 4. The van der Waals surface area contributed by atoms with Crippen molar-refractivity contribution in [2.75, 3.05) is 0 Å². The van der Waals surface area contributed by atoms with Crippen LogP contribution >= 0.6 is 0 Å². The van der Waals surface area contributed by atoms with Gasteiger partial charge in [-0.05, 0) is 30.5 Å². The molecule has 1 aromatic carbocycles. The number of ether oxygens (including phenoxy) is 2. The van der Waals surface area contributed by atoms with Crippen LogP contribution in [-0.2, 0) is 10.2 Å². The van der Waals surface area contributed by atoms with Gasteiger partial charge in [-0.25, -0.2) is 0 Å². The first-order valence-electron chi connectivity index (χ1n) is 7.48. The summed E-state index contributed by atoms with van der Waals surface area (Å²) in [6, 6.07) is 5.19. The van der Waals surface area contributed by atoms with Crippen molar-refractivity contribution in [1.82, 2.24) is 0 Å². The summed E-state index contributed by atoms with van der Waals surface area (Å²) in [7, 11) is 0. The molecule has 2 atom stereocenters. The minimum Gasteiger partial charge on any atom is -0.481 e. The lowest BCUT2D eigenvalue weighted by Gasteiger charge is -2.37. The number of benzene rings is 1. The lowest BCUT2D eigenvalue weighted by molar-refractivity contribution is -0.144. The van der Waals surface area contributed by atoms with E-state index in [2.05, 4.69) is 9.47 Å². The van der Waals surface area contributed by atoms with Crippen LogP contribution in [0.15, 0.2) is 18.2 Å². The fraction of sp³-hybridized carbons (Fsp3) is 0.500. The zero-order chi connectivity index (χ0) is 18.6. The first-order chi connectivity index (χ1) is 11.8. The molecule has 0 radical (unpaired) electrons. The highest BCUT2D eigenvalue weighted by atomic mass is 19.3.